The fourth-order valence-electron chi connectivity index (χ4n) is 2.16. The lowest BCUT2D eigenvalue weighted by Gasteiger charge is -2.10. The molecule has 22 heavy (non-hydrogen) atoms. The maximum atomic E-state index is 11.5. The van der Waals surface area contributed by atoms with Gasteiger partial charge in [0.25, 0.3) is 0 Å². The third-order valence-corrected chi connectivity index (χ3v) is 3.35. The molecule has 3 N–H and O–H groups in total. The summed E-state index contributed by atoms with van der Waals surface area (Å²) in [5.74, 6) is 0.604. The minimum atomic E-state index is -0.0485. The first-order chi connectivity index (χ1) is 10.5. The van der Waals surface area contributed by atoms with Gasteiger partial charge >= 0.3 is 0 Å². The second kappa shape index (κ2) is 6.72. The predicted octanol–water partition coefficient (Wildman–Crippen LogP) is 2.99. The largest absolute Gasteiger partial charge is 0.497 e. The first kappa shape index (κ1) is 15.5. The van der Waals surface area contributed by atoms with Crippen molar-refractivity contribution >= 4 is 17.2 Å². The molecule has 0 aliphatic heterocycles. The van der Waals surface area contributed by atoms with Gasteiger partial charge in [-0.2, -0.15) is 0 Å². The van der Waals surface area contributed by atoms with Crippen molar-refractivity contribution in [3.8, 4) is 5.75 Å². The van der Waals surface area contributed by atoms with Crippen LogP contribution in [0, 0.1) is 5.41 Å². The van der Waals surface area contributed by atoms with E-state index in [2.05, 4.69) is 6.58 Å². The molecule has 0 saturated carbocycles. The molecule has 0 unspecified atom stereocenters. The summed E-state index contributed by atoms with van der Waals surface area (Å²) >= 11 is 0. The van der Waals surface area contributed by atoms with Gasteiger partial charge in [0.05, 0.1) is 12.8 Å². The first-order valence-electron chi connectivity index (χ1n) is 6.82. The van der Waals surface area contributed by atoms with Gasteiger partial charge in [-0.25, -0.2) is 0 Å². The normalized spacial score (nSPS) is 10.0. The van der Waals surface area contributed by atoms with Crippen LogP contribution >= 0.6 is 0 Å². The highest BCUT2D eigenvalue weighted by molar-refractivity contribution is 6.14. The van der Waals surface area contributed by atoms with Crippen molar-refractivity contribution in [2.24, 2.45) is 0 Å². The van der Waals surface area contributed by atoms with Gasteiger partial charge in [-0.1, -0.05) is 24.8 Å². The Morgan fingerprint density at radius 2 is 2.09 bits per heavy atom. The SMILES string of the molecule is C=CC(=O)Cc1cccc(C(=N)c2ccc(OC)cc2N)c1. The number of anilines is 1. The number of ketones is 1. The van der Waals surface area contributed by atoms with Crippen molar-refractivity contribution < 1.29 is 9.53 Å². The van der Waals surface area contributed by atoms with Crippen molar-refractivity contribution in [3.05, 3.63) is 71.8 Å². The third kappa shape index (κ3) is 3.41. The average Bonchev–Trinajstić information content (AvgIpc) is 2.54. The summed E-state index contributed by atoms with van der Waals surface area (Å²) in [6.07, 6.45) is 1.59. The van der Waals surface area contributed by atoms with Crippen molar-refractivity contribution in [2.75, 3.05) is 12.8 Å². The molecule has 0 amide bonds. The number of nitrogens with two attached hydrogens (primary N) is 1. The van der Waals surface area contributed by atoms with Gasteiger partial charge in [0, 0.05) is 29.3 Å². The van der Waals surface area contributed by atoms with E-state index in [1.165, 1.54) is 6.08 Å². The molecule has 4 nitrogen and oxygen atoms in total. The highest BCUT2D eigenvalue weighted by atomic mass is 16.5. The van der Waals surface area contributed by atoms with Gasteiger partial charge in [-0.3, -0.25) is 10.2 Å². The van der Waals surface area contributed by atoms with Gasteiger partial charge in [0.15, 0.2) is 5.78 Å². The summed E-state index contributed by atoms with van der Waals surface area (Å²) in [7, 11) is 1.57. The molecule has 0 aliphatic rings. The van der Waals surface area contributed by atoms with E-state index in [1.54, 1.807) is 25.3 Å². The topological polar surface area (TPSA) is 76.2 Å². The summed E-state index contributed by atoms with van der Waals surface area (Å²) in [5.41, 5.74) is 8.98. The summed E-state index contributed by atoms with van der Waals surface area (Å²) in [5, 5.41) is 8.34. The molecule has 0 heterocycles. The number of nitrogen functional groups attached to an aromatic ring is 1. The third-order valence-electron chi connectivity index (χ3n) is 3.35. The van der Waals surface area contributed by atoms with E-state index >= 15 is 0 Å². The lowest BCUT2D eigenvalue weighted by molar-refractivity contribution is -0.114. The van der Waals surface area contributed by atoms with Crippen molar-refractivity contribution in [2.45, 2.75) is 6.42 Å². The number of carbonyl (C=O) groups excluding carboxylic acids is 1. The van der Waals surface area contributed by atoms with Crippen molar-refractivity contribution in [3.63, 3.8) is 0 Å². The molecular formula is C18H18N2O2. The molecule has 0 radical (unpaired) electrons. The maximum Gasteiger partial charge on any atom is 0.159 e. The fraction of sp³-hybridized carbons (Fsp3) is 0.111. The van der Waals surface area contributed by atoms with E-state index < -0.39 is 0 Å². The molecule has 0 bridgehead atoms. The first-order valence-corrected chi connectivity index (χ1v) is 6.82. The molecule has 2 aromatic rings. The monoisotopic (exact) mass is 294 g/mol. The Kier molecular flexibility index (Phi) is 4.73. The number of nitrogens with one attached hydrogen (secondary N) is 1. The molecule has 0 saturated heterocycles. The Bertz CT molecular complexity index is 736. The van der Waals surface area contributed by atoms with E-state index in [1.807, 2.05) is 24.3 Å². The summed E-state index contributed by atoms with van der Waals surface area (Å²) in [6.45, 7) is 3.47. The maximum absolute atomic E-state index is 11.5. The van der Waals surface area contributed by atoms with E-state index in [0.29, 0.717) is 28.3 Å². The number of rotatable bonds is 6. The molecule has 112 valence electrons. The van der Waals surface area contributed by atoms with Crippen molar-refractivity contribution in [1.29, 1.82) is 5.41 Å². The van der Waals surface area contributed by atoms with Crippen LogP contribution in [0.3, 0.4) is 0 Å². The number of carbonyl (C=O) groups is 1. The van der Waals surface area contributed by atoms with E-state index in [9.17, 15) is 4.79 Å². The second-order valence-electron chi connectivity index (χ2n) is 4.88. The lowest BCUT2D eigenvalue weighted by Crippen LogP contribution is -2.07. The van der Waals surface area contributed by atoms with Gasteiger partial charge in [-0.15, -0.1) is 0 Å². The van der Waals surface area contributed by atoms with Crippen molar-refractivity contribution in [1.82, 2.24) is 0 Å². The van der Waals surface area contributed by atoms with Crippen LogP contribution in [0.15, 0.2) is 55.1 Å². The van der Waals surface area contributed by atoms with Crippen LogP contribution < -0.4 is 10.5 Å². The number of methoxy groups -OCH3 is 1. The van der Waals surface area contributed by atoms with Crippen LogP contribution in [0.4, 0.5) is 5.69 Å². The second-order valence-corrected chi connectivity index (χ2v) is 4.88. The van der Waals surface area contributed by atoms with Gasteiger partial charge in [-0.05, 0) is 29.8 Å². The Labute approximate surface area is 129 Å². The molecule has 0 spiro atoms. The number of hydrogen-bond acceptors (Lipinski definition) is 4. The average molecular weight is 294 g/mol. The minimum absolute atomic E-state index is 0.0485. The number of hydrogen-bond donors (Lipinski definition) is 2. The van der Waals surface area contributed by atoms with Gasteiger partial charge in [0.1, 0.15) is 5.75 Å². The zero-order chi connectivity index (χ0) is 16.1. The molecule has 2 rings (SSSR count). The van der Waals surface area contributed by atoms with E-state index in [4.69, 9.17) is 15.9 Å². The highest BCUT2D eigenvalue weighted by Gasteiger charge is 2.10. The Balaban J connectivity index is 2.31. The van der Waals surface area contributed by atoms with Gasteiger partial charge < -0.3 is 10.5 Å². The van der Waals surface area contributed by atoms with Crippen LogP contribution in [0.5, 0.6) is 5.75 Å². The van der Waals surface area contributed by atoms with Crippen LogP contribution in [0.2, 0.25) is 0 Å². The number of ether oxygens (including phenoxy) is 1. The molecule has 0 aromatic heterocycles. The standard InChI is InChI=1S/C18H18N2O2/c1-3-14(21)10-12-5-4-6-13(9-12)18(20)16-8-7-15(22-2)11-17(16)19/h3-9,11,20H,1,10,19H2,2H3. The summed E-state index contributed by atoms with van der Waals surface area (Å²) in [4.78, 5) is 11.5. The lowest BCUT2D eigenvalue weighted by atomic mass is 9.97. The van der Waals surface area contributed by atoms with Crippen LogP contribution in [0.1, 0.15) is 16.7 Å². The van der Waals surface area contributed by atoms with E-state index in [-0.39, 0.29) is 12.2 Å². The zero-order valence-corrected chi connectivity index (χ0v) is 12.4. The van der Waals surface area contributed by atoms with Gasteiger partial charge in [0.2, 0.25) is 0 Å². The molecular weight excluding hydrogens is 276 g/mol. The molecule has 0 atom stereocenters. The summed E-state index contributed by atoms with van der Waals surface area (Å²) in [6, 6.07) is 12.6. The Morgan fingerprint density at radius 3 is 2.73 bits per heavy atom. The van der Waals surface area contributed by atoms with E-state index in [0.717, 1.165) is 5.56 Å². The number of allylic oxidation sites excluding steroid dienone is 1. The fourth-order valence-corrected chi connectivity index (χ4v) is 2.16. The zero-order valence-electron chi connectivity index (χ0n) is 12.4. The van der Waals surface area contributed by atoms with Crippen LogP contribution in [-0.2, 0) is 11.2 Å². The molecule has 0 aliphatic carbocycles. The number of benzene rings is 2. The molecule has 4 heteroatoms. The predicted molar refractivity (Wildman–Crippen MR) is 88.7 cm³/mol. The molecule has 2 aromatic carbocycles. The molecule has 0 fully saturated rings. The highest BCUT2D eigenvalue weighted by Crippen LogP contribution is 2.22. The Hall–Kier alpha value is -2.88. The van der Waals surface area contributed by atoms with Crippen LogP contribution in [-0.4, -0.2) is 18.6 Å². The quantitative estimate of drug-likeness (QED) is 0.488. The Morgan fingerprint density at radius 1 is 1.32 bits per heavy atom. The van der Waals surface area contributed by atoms with Crippen LogP contribution in [0.25, 0.3) is 0 Å². The summed E-state index contributed by atoms with van der Waals surface area (Å²) < 4.78 is 5.11. The smallest absolute Gasteiger partial charge is 0.159 e. The minimum Gasteiger partial charge on any atom is -0.497 e.